The molecule has 2 aromatic carbocycles. The highest BCUT2D eigenvalue weighted by Gasteiger charge is 2.39. The van der Waals surface area contributed by atoms with Gasteiger partial charge in [0, 0.05) is 23.8 Å². The van der Waals surface area contributed by atoms with Gasteiger partial charge in [0.25, 0.3) is 0 Å². The molecule has 4 rings (SSSR count). The summed E-state index contributed by atoms with van der Waals surface area (Å²) in [5, 5.41) is 5.72. The first-order valence-electron chi connectivity index (χ1n) is 11.9. The highest BCUT2D eigenvalue weighted by atomic mass is 16.2. The normalized spacial score (nSPS) is 19.7. The number of aryl methyl sites for hydroxylation is 3. The third-order valence-corrected chi connectivity index (χ3v) is 6.94. The molecule has 2 atom stereocenters. The average Bonchev–Trinajstić information content (AvgIpc) is 3.23. The van der Waals surface area contributed by atoms with Gasteiger partial charge in [-0.2, -0.15) is 0 Å². The second-order valence-corrected chi connectivity index (χ2v) is 9.41. The summed E-state index contributed by atoms with van der Waals surface area (Å²) < 4.78 is 0. The number of para-hydroxylation sites is 1. The number of fused-ring (bicyclic) bond motifs is 1. The molecule has 2 N–H and O–H groups in total. The number of nitrogens with one attached hydrogen (secondary N) is 2. The van der Waals surface area contributed by atoms with E-state index in [1.54, 1.807) is 0 Å². The zero-order valence-corrected chi connectivity index (χ0v) is 19.7. The van der Waals surface area contributed by atoms with Crippen LogP contribution in [-0.2, 0) is 20.8 Å². The topological polar surface area (TPSA) is 78.5 Å². The molecule has 1 heterocycles. The van der Waals surface area contributed by atoms with Crippen LogP contribution in [0, 0.1) is 32.6 Å². The number of anilines is 2. The number of benzene rings is 2. The van der Waals surface area contributed by atoms with Gasteiger partial charge in [0.05, 0.1) is 12.5 Å². The zero-order valence-electron chi connectivity index (χ0n) is 19.7. The predicted octanol–water partition coefficient (Wildman–Crippen LogP) is 4.06. The lowest BCUT2D eigenvalue weighted by molar-refractivity contribution is -0.135. The van der Waals surface area contributed by atoms with Gasteiger partial charge in [0.1, 0.15) is 0 Å². The van der Waals surface area contributed by atoms with Crippen LogP contribution in [0.25, 0.3) is 0 Å². The highest BCUT2D eigenvalue weighted by molar-refractivity contribution is 6.00. The van der Waals surface area contributed by atoms with E-state index >= 15 is 0 Å². The molecule has 2 unspecified atom stereocenters. The average molecular weight is 448 g/mol. The van der Waals surface area contributed by atoms with E-state index in [0.29, 0.717) is 19.4 Å². The summed E-state index contributed by atoms with van der Waals surface area (Å²) >= 11 is 0. The summed E-state index contributed by atoms with van der Waals surface area (Å²) in [7, 11) is 0. The van der Waals surface area contributed by atoms with Crippen molar-refractivity contribution in [3.63, 3.8) is 0 Å². The smallest absolute Gasteiger partial charge is 0.243 e. The molecule has 0 radical (unpaired) electrons. The molecule has 174 valence electrons. The van der Waals surface area contributed by atoms with Crippen LogP contribution in [0.3, 0.4) is 0 Å². The summed E-state index contributed by atoms with van der Waals surface area (Å²) in [6.45, 7) is 6.51. The van der Waals surface area contributed by atoms with E-state index in [4.69, 9.17) is 0 Å². The number of hydrogen-bond acceptors (Lipinski definition) is 3. The molecule has 0 aromatic heterocycles. The quantitative estimate of drug-likeness (QED) is 0.726. The van der Waals surface area contributed by atoms with E-state index < -0.39 is 5.92 Å². The molecular formula is C27H33N3O3. The molecule has 0 spiro atoms. The van der Waals surface area contributed by atoms with Crippen molar-refractivity contribution in [1.29, 1.82) is 0 Å². The van der Waals surface area contributed by atoms with E-state index in [9.17, 15) is 14.4 Å². The molecule has 1 saturated carbocycles. The fraction of sp³-hybridized carbons (Fsp3) is 0.444. The Morgan fingerprint density at radius 1 is 0.970 bits per heavy atom. The lowest BCUT2D eigenvalue weighted by Crippen LogP contribution is -2.46. The molecule has 6 heteroatoms. The minimum absolute atomic E-state index is 0.0372. The summed E-state index contributed by atoms with van der Waals surface area (Å²) in [6, 6.07) is 12.0. The second kappa shape index (κ2) is 9.77. The largest absolute Gasteiger partial charge is 0.347 e. The maximum absolute atomic E-state index is 13.4. The predicted molar refractivity (Wildman–Crippen MR) is 130 cm³/mol. The fourth-order valence-corrected chi connectivity index (χ4v) is 5.37. The third-order valence-electron chi connectivity index (χ3n) is 6.94. The molecule has 1 aliphatic heterocycles. The van der Waals surface area contributed by atoms with Crippen LogP contribution in [0.4, 0.5) is 11.4 Å². The van der Waals surface area contributed by atoms with Crippen molar-refractivity contribution in [2.24, 2.45) is 11.8 Å². The fourth-order valence-electron chi connectivity index (χ4n) is 5.37. The maximum Gasteiger partial charge on any atom is 0.243 e. The number of nitrogens with zero attached hydrogens (tertiary/aromatic N) is 1. The SMILES string of the molecule is Cc1cc(C)c(NC(=O)CNC(=O)C2CCCCC2C(=O)N2CCc3ccccc32)c(C)c1. The summed E-state index contributed by atoms with van der Waals surface area (Å²) in [6.07, 6.45) is 4.11. The standard InChI is InChI=1S/C27H33N3O3/c1-17-14-18(2)25(19(3)15-17)29-24(31)16-28-26(32)21-9-5-6-10-22(21)27(33)30-13-12-20-8-4-7-11-23(20)30/h4,7-8,11,14-15,21-22H,5-6,9-10,12-13,16H2,1-3H3,(H,28,32)(H,29,31). The molecule has 33 heavy (non-hydrogen) atoms. The Balaban J connectivity index is 1.39. The van der Waals surface area contributed by atoms with E-state index in [-0.39, 0.29) is 30.2 Å². The summed E-state index contributed by atoms with van der Waals surface area (Å²) in [5.41, 5.74) is 6.08. The molecule has 2 aromatic rings. The minimum Gasteiger partial charge on any atom is -0.347 e. The lowest BCUT2D eigenvalue weighted by Gasteiger charge is -2.32. The Hall–Kier alpha value is -3.15. The van der Waals surface area contributed by atoms with Crippen LogP contribution in [0.1, 0.15) is 47.9 Å². The van der Waals surface area contributed by atoms with Gasteiger partial charge in [-0.25, -0.2) is 0 Å². The molecule has 1 aliphatic carbocycles. The first-order valence-corrected chi connectivity index (χ1v) is 11.9. The summed E-state index contributed by atoms with van der Waals surface area (Å²) in [4.78, 5) is 40.9. The van der Waals surface area contributed by atoms with Gasteiger partial charge in [-0.05, 0) is 62.8 Å². The zero-order chi connectivity index (χ0) is 23.5. The van der Waals surface area contributed by atoms with Gasteiger partial charge in [-0.3, -0.25) is 14.4 Å². The van der Waals surface area contributed by atoms with Crippen molar-refractivity contribution in [2.45, 2.75) is 52.9 Å². The van der Waals surface area contributed by atoms with Crippen molar-refractivity contribution >= 4 is 29.1 Å². The van der Waals surface area contributed by atoms with Gasteiger partial charge in [0.2, 0.25) is 17.7 Å². The third kappa shape index (κ3) is 4.95. The number of carbonyl (C=O) groups is 3. The molecule has 1 fully saturated rings. The lowest BCUT2D eigenvalue weighted by atomic mass is 9.77. The molecule has 2 aliphatic rings. The van der Waals surface area contributed by atoms with Crippen LogP contribution < -0.4 is 15.5 Å². The molecule has 6 nitrogen and oxygen atoms in total. The van der Waals surface area contributed by atoms with Crippen molar-refractivity contribution in [3.8, 4) is 0 Å². The van der Waals surface area contributed by atoms with Crippen LogP contribution in [0.5, 0.6) is 0 Å². The van der Waals surface area contributed by atoms with Gasteiger partial charge < -0.3 is 15.5 Å². The Morgan fingerprint density at radius 2 is 1.64 bits per heavy atom. The van der Waals surface area contributed by atoms with E-state index in [1.807, 2.05) is 56.0 Å². The number of amides is 3. The van der Waals surface area contributed by atoms with Crippen molar-refractivity contribution < 1.29 is 14.4 Å². The van der Waals surface area contributed by atoms with E-state index in [2.05, 4.69) is 16.7 Å². The monoisotopic (exact) mass is 447 g/mol. The Kier molecular flexibility index (Phi) is 6.82. The first kappa shape index (κ1) is 23.0. The van der Waals surface area contributed by atoms with Gasteiger partial charge in [-0.15, -0.1) is 0 Å². The molecular weight excluding hydrogens is 414 g/mol. The highest BCUT2D eigenvalue weighted by Crippen LogP contribution is 2.36. The number of rotatable bonds is 5. The van der Waals surface area contributed by atoms with Gasteiger partial charge in [0.15, 0.2) is 0 Å². The number of hydrogen-bond donors (Lipinski definition) is 2. The van der Waals surface area contributed by atoms with Gasteiger partial charge >= 0.3 is 0 Å². The van der Waals surface area contributed by atoms with Crippen LogP contribution in [0.15, 0.2) is 36.4 Å². The van der Waals surface area contributed by atoms with E-state index in [1.165, 1.54) is 5.56 Å². The van der Waals surface area contributed by atoms with Crippen LogP contribution in [0.2, 0.25) is 0 Å². The van der Waals surface area contributed by atoms with Gasteiger partial charge in [-0.1, -0.05) is 48.7 Å². The van der Waals surface area contributed by atoms with Crippen molar-refractivity contribution in [2.75, 3.05) is 23.3 Å². The molecule has 0 saturated heterocycles. The van der Waals surface area contributed by atoms with E-state index in [0.717, 1.165) is 47.3 Å². The first-order chi connectivity index (χ1) is 15.8. The van der Waals surface area contributed by atoms with Crippen LogP contribution >= 0.6 is 0 Å². The molecule has 3 amide bonds. The minimum atomic E-state index is -0.394. The number of carbonyl (C=O) groups excluding carboxylic acids is 3. The van der Waals surface area contributed by atoms with Crippen molar-refractivity contribution in [1.82, 2.24) is 5.32 Å². The van der Waals surface area contributed by atoms with Crippen LogP contribution in [-0.4, -0.2) is 30.8 Å². The maximum atomic E-state index is 13.4. The molecule has 0 bridgehead atoms. The Bertz CT molecular complexity index is 1060. The Labute approximate surface area is 195 Å². The summed E-state index contributed by atoms with van der Waals surface area (Å²) in [5.74, 6) is -1.15. The van der Waals surface area contributed by atoms with Crippen molar-refractivity contribution in [3.05, 3.63) is 58.7 Å². The second-order valence-electron chi connectivity index (χ2n) is 9.41. The Morgan fingerprint density at radius 3 is 2.36 bits per heavy atom.